The van der Waals surface area contributed by atoms with E-state index >= 15 is 0 Å². The number of amides is 1. The summed E-state index contributed by atoms with van der Waals surface area (Å²) >= 11 is 5.86. The van der Waals surface area contributed by atoms with Gasteiger partial charge in [-0.3, -0.25) is 4.79 Å². The fourth-order valence-corrected chi connectivity index (χ4v) is 3.08. The zero-order chi connectivity index (χ0) is 15.4. The van der Waals surface area contributed by atoms with Crippen LogP contribution in [-0.2, 0) is 11.2 Å². The highest BCUT2D eigenvalue weighted by Gasteiger charge is 2.31. The van der Waals surface area contributed by atoms with E-state index in [0.717, 1.165) is 25.2 Å². The summed E-state index contributed by atoms with van der Waals surface area (Å²) in [6, 6.07) is 7.68. The molecule has 0 aromatic heterocycles. The van der Waals surface area contributed by atoms with Gasteiger partial charge in [-0.2, -0.15) is 0 Å². The molecule has 2 rings (SSSR count). The van der Waals surface area contributed by atoms with Gasteiger partial charge in [0, 0.05) is 36.6 Å². The first-order chi connectivity index (χ1) is 9.94. The number of carbonyl (C=O) groups excluding carboxylic acids is 1. The number of likely N-dealkylation sites (tertiary alicyclic amines) is 1. The lowest BCUT2D eigenvalue weighted by Gasteiger charge is -2.23. The van der Waals surface area contributed by atoms with Crippen molar-refractivity contribution in [2.75, 3.05) is 40.8 Å². The van der Waals surface area contributed by atoms with E-state index in [4.69, 9.17) is 11.6 Å². The number of likely N-dealkylation sites (N-methyl/N-ethyl adjacent to an activating group) is 1. The van der Waals surface area contributed by atoms with Crippen LogP contribution >= 0.6 is 11.6 Å². The molecule has 5 heteroatoms. The molecule has 1 amide bonds. The Labute approximate surface area is 132 Å². The minimum Gasteiger partial charge on any atom is -0.351 e. The lowest BCUT2D eigenvalue weighted by molar-refractivity contribution is -0.121. The van der Waals surface area contributed by atoms with Crippen LogP contribution in [0.3, 0.4) is 0 Å². The smallest absolute Gasteiger partial charge is 0.224 e. The molecule has 1 fully saturated rings. The molecule has 0 saturated carbocycles. The van der Waals surface area contributed by atoms with Crippen LogP contribution in [0.1, 0.15) is 5.56 Å². The number of rotatable bonds is 5. The van der Waals surface area contributed by atoms with Crippen LogP contribution in [0.4, 0.5) is 0 Å². The Bertz CT molecular complexity index is 475. The van der Waals surface area contributed by atoms with Crippen LogP contribution < -0.4 is 5.32 Å². The summed E-state index contributed by atoms with van der Waals surface area (Å²) in [7, 11) is 6.25. The Morgan fingerprint density at radius 3 is 2.62 bits per heavy atom. The maximum absolute atomic E-state index is 12.2. The van der Waals surface area contributed by atoms with E-state index in [0.29, 0.717) is 17.4 Å². The predicted octanol–water partition coefficient (Wildman–Crippen LogP) is 1.49. The Kier molecular flexibility index (Phi) is 5.62. The highest BCUT2D eigenvalue weighted by molar-refractivity contribution is 6.30. The van der Waals surface area contributed by atoms with Crippen molar-refractivity contribution < 1.29 is 4.79 Å². The molecule has 1 aromatic carbocycles. The molecule has 1 aromatic rings. The van der Waals surface area contributed by atoms with Crippen LogP contribution in [0.15, 0.2) is 24.3 Å². The lowest BCUT2D eigenvalue weighted by atomic mass is 10.0. The van der Waals surface area contributed by atoms with Crippen LogP contribution in [0.5, 0.6) is 0 Å². The quantitative estimate of drug-likeness (QED) is 0.895. The molecule has 0 bridgehead atoms. The normalized spacial score (nSPS) is 22.7. The lowest BCUT2D eigenvalue weighted by Crippen LogP contribution is -2.43. The minimum atomic E-state index is 0.0846. The highest BCUT2D eigenvalue weighted by atomic mass is 35.5. The standard InChI is InChI=1S/C16H24ClN3O/c1-19(2)9-13-10-20(3)11-15(13)18-16(21)8-12-4-6-14(17)7-5-12/h4-7,13,15H,8-11H2,1-3H3,(H,18,21)/t13-,15-/m1/s1. The van der Waals surface area contributed by atoms with Crippen molar-refractivity contribution in [1.82, 2.24) is 15.1 Å². The van der Waals surface area contributed by atoms with Crippen LogP contribution in [-0.4, -0.2) is 62.5 Å². The number of hydrogen-bond donors (Lipinski definition) is 1. The molecule has 1 aliphatic rings. The maximum atomic E-state index is 12.2. The predicted molar refractivity (Wildman–Crippen MR) is 86.6 cm³/mol. The van der Waals surface area contributed by atoms with Gasteiger partial charge in [0.25, 0.3) is 0 Å². The number of halogens is 1. The fourth-order valence-electron chi connectivity index (χ4n) is 2.95. The van der Waals surface area contributed by atoms with Gasteiger partial charge < -0.3 is 15.1 Å². The second-order valence-electron chi connectivity index (χ2n) is 6.22. The Morgan fingerprint density at radius 1 is 1.33 bits per heavy atom. The third-order valence-corrected chi connectivity index (χ3v) is 4.10. The summed E-state index contributed by atoms with van der Waals surface area (Å²) in [4.78, 5) is 16.7. The zero-order valence-corrected chi connectivity index (χ0v) is 13.7. The van der Waals surface area contributed by atoms with Gasteiger partial charge in [-0.25, -0.2) is 0 Å². The number of nitrogens with one attached hydrogen (secondary N) is 1. The van der Waals surface area contributed by atoms with Gasteiger partial charge in [-0.15, -0.1) is 0 Å². The molecule has 4 nitrogen and oxygen atoms in total. The number of benzene rings is 1. The zero-order valence-electron chi connectivity index (χ0n) is 13.0. The summed E-state index contributed by atoms with van der Waals surface area (Å²) in [6.07, 6.45) is 0.409. The second kappa shape index (κ2) is 7.25. The van der Waals surface area contributed by atoms with E-state index < -0.39 is 0 Å². The molecule has 1 heterocycles. The summed E-state index contributed by atoms with van der Waals surface area (Å²) < 4.78 is 0. The second-order valence-corrected chi connectivity index (χ2v) is 6.66. The van der Waals surface area contributed by atoms with Gasteiger partial charge >= 0.3 is 0 Å². The third kappa shape index (κ3) is 4.99. The van der Waals surface area contributed by atoms with Crippen molar-refractivity contribution in [3.8, 4) is 0 Å². The average molecular weight is 310 g/mol. The molecule has 1 N–H and O–H groups in total. The van der Waals surface area contributed by atoms with Crippen molar-refractivity contribution in [2.24, 2.45) is 5.92 Å². The highest BCUT2D eigenvalue weighted by Crippen LogP contribution is 2.17. The number of carbonyl (C=O) groups is 1. The SMILES string of the molecule is CN(C)C[C@@H]1CN(C)C[C@H]1NC(=O)Cc1ccc(Cl)cc1. The molecule has 21 heavy (non-hydrogen) atoms. The van der Waals surface area contributed by atoms with E-state index in [-0.39, 0.29) is 11.9 Å². The van der Waals surface area contributed by atoms with Gasteiger partial charge in [0.15, 0.2) is 0 Å². The van der Waals surface area contributed by atoms with E-state index in [9.17, 15) is 4.79 Å². The van der Waals surface area contributed by atoms with Gasteiger partial charge in [-0.1, -0.05) is 23.7 Å². The number of hydrogen-bond acceptors (Lipinski definition) is 3. The maximum Gasteiger partial charge on any atom is 0.224 e. The van der Waals surface area contributed by atoms with Crippen LogP contribution in [0, 0.1) is 5.92 Å². The van der Waals surface area contributed by atoms with Crippen LogP contribution in [0.2, 0.25) is 5.02 Å². The average Bonchev–Trinajstić information content (AvgIpc) is 2.71. The fraction of sp³-hybridized carbons (Fsp3) is 0.562. The summed E-state index contributed by atoms with van der Waals surface area (Å²) in [6.45, 7) is 2.95. The van der Waals surface area contributed by atoms with E-state index in [1.807, 2.05) is 24.3 Å². The molecule has 1 saturated heterocycles. The van der Waals surface area contributed by atoms with Gasteiger partial charge in [0.1, 0.15) is 0 Å². The molecule has 0 aliphatic carbocycles. The van der Waals surface area contributed by atoms with Gasteiger partial charge in [0.2, 0.25) is 5.91 Å². The van der Waals surface area contributed by atoms with Crippen molar-refractivity contribution in [3.05, 3.63) is 34.9 Å². The molecule has 0 unspecified atom stereocenters. The summed E-state index contributed by atoms with van der Waals surface area (Å²) in [5.41, 5.74) is 0.993. The largest absolute Gasteiger partial charge is 0.351 e. The summed E-state index contributed by atoms with van der Waals surface area (Å²) in [5, 5.41) is 3.88. The topological polar surface area (TPSA) is 35.6 Å². The molecule has 1 aliphatic heterocycles. The molecule has 116 valence electrons. The van der Waals surface area contributed by atoms with E-state index in [2.05, 4.69) is 36.3 Å². The first kappa shape index (κ1) is 16.3. The molecule has 0 radical (unpaired) electrons. The van der Waals surface area contributed by atoms with Crippen molar-refractivity contribution in [3.63, 3.8) is 0 Å². The Balaban J connectivity index is 1.90. The monoisotopic (exact) mass is 309 g/mol. The van der Waals surface area contributed by atoms with Crippen LogP contribution in [0.25, 0.3) is 0 Å². The van der Waals surface area contributed by atoms with Crippen molar-refractivity contribution in [2.45, 2.75) is 12.5 Å². The first-order valence-corrected chi connectivity index (χ1v) is 7.69. The molecular formula is C16H24ClN3O. The Hall–Kier alpha value is -1.10. The van der Waals surface area contributed by atoms with Crippen molar-refractivity contribution >= 4 is 17.5 Å². The number of nitrogens with zero attached hydrogens (tertiary/aromatic N) is 2. The van der Waals surface area contributed by atoms with Gasteiger partial charge in [0.05, 0.1) is 6.42 Å². The molecule has 2 atom stereocenters. The Morgan fingerprint density at radius 2 is 2.00 bits per heavy atom. The van der Waals surface area contributed by atoms with E-state index in [1.165, 1.54) is 0 Å². The van der Waals surface area contributed by atoms with Gasteiger partial charge in [-0.05, 0) is 38.8 Å². The van der Waals surface area contributed by atoms with E-state index in [1.54, 1.807) is 0 Å². The van der Waals surface area contributed by atoms with Crippen molar-refractivity contribution in [1.29, 1.82) is 0 Å². The minimum absolute atomic E-state index is 0.0846. The molecular weight excluding hydrogens is 286 g/mol. The molecule has 0 spiro atoms. The third-order valence-electron chi connectivity index (χ3n) is 3.85. The first-order valence-electron chi connectivity index (χ1n) is 7.31. The summed E-state index contributed by atoms with van der Waals surface area (Å²) in [5.74, 6) is 0.570.